The van der Waals surface area contributed by atoms with Crippen LogP contribution in [0.1, 0.15) is 10.4 Å². The predicted molar refractivity (Wildman–Crippen MR) is 72.5 cm³/mol. The van der Waals surface area contributed by atoms with Gasteiger partial charge in [-0.05, 0) is 24.3 Å². The van der Waals surface area contributed by atoms with E-state index >= 15 is 0 Å². The Bertz CT molecular complexity index is 691. The minimum atomic E-state index is -0.692. The van der Waals surface area contributed by atoms with Gasteiger partial charge in [-0.1, -0.05) is 23.7 Å². The Balaban J connectivity index is 2.28. The average Bonchev–Trinajstić information content (AvgIpc) is 2.41. The van der Waals surface area contributed by atoms with Crippen molar-refractivity contribution in [2.45, 2.75) is 0 Å². The predicted octanol–water partition coefficient (Wildman–Crippen LogP) is 3.64. The summed E-state index contributed by atoms with van der Waals surface area (Å²) in [5.41, 5.74) is -0.368. The lowest BCUT2D eigenvalue weighted by atomic mass is 10.2. The third-order valence-corrected chi connectivity index (χ3v) is 2.85. The lowest BCUT2D eigenvalue weighted by Crippen LogP contribution is -2.13. The molecule has 102 valence electrons. The largest absolute Gasteiger partial charge is 0.319 e. The minimum Gasteiger partial charge on any atom is -0.319 e. The van der Waals surface area contributed by atoms with Gasteiger partial charge in [0.2, 0.25) is 0 Å². The number of benzene rings is 2. The summed E-state index contributed by atoms with van der Waals surface area (Å²) in [4.78, 5) is 22.0. The Hall–Kier alpha value is -2.47. The molecule has 5 nitrogen and oxygen atoms in total. The number of anilines is 1. The highest BCUT2D eigenvalue weighted by Crippen LogP contribution is 2.25. The first-order valence-electron chi connectivity index (χ1n) is 5.49. The van der Waals surface area contributed by atoms with Crippen molar-refractivity contribution in [2.75, 3.05) is 5.32 Å². The van der Waals surface area contributed by atoms with Gasteiger partial charge < -0.3 is 5.32 Å². The molecule has 1 N–H and O–H groups in total. The highest BCUT2D eigenvalue weighted by atomic mass is 35.5. The lowest BCUT2D eigenvalue weighted by molar-refractivity contribution is -0.384. The molecule has 0 atom stereocenters. The molecule has 7 heteroatoms. The van der Waals surface area contributed by atoms with E-state index in [0.717, 1.165) is 6.07 Å². The molecule has 0 aromatic heterocycles. The summed E-state index contributed by atoms with van der Waals surface area (Å²) >= 11 is 5.65. The SMILES string of the molecule is O=C(Nc1ccccc1F)c1ccc(Cl)c([N+](=O)[O-])c1. The number of nitrogens with zero attached hydrogens (tertiary/aromatic N) is 1. The van der Waals surface area contributed by atoms with Gasteiger partial charge in [0, 0.05) is 11.6 Å². The van der Waals surface area contributed by atoms with Gasteiger partial charge in [-0.25, -0.2) is 4.39 Å². The minimum absolute atomic E-state index is 0.00453. The van der Waals surface area contributed by atoms with Crippen molar-refractivity contribution in [3.63, 3.8) is 0 Å². The van der Waals surface area contributed by atoms with Crippen LogP contribution in [0.5, 0.6) is 0 Å². The van der Waals surface area contributed by atoms with Crippen LogP contribution in [0.25, 0.3) is 0 Å². The molecule has 1 amide bonds. The molecule has 0 saturated carbocycles. The van der Waals surface area contributed by atoms with Crippen LogP contribution < -0.4 is 5.32 Å². The number of amides is 1. The number of hydrogen-bond acceptors (Lipinski definition) is 3. The first-order chi connectivity index (χ1) is 9.49. The molecule has 0 aliphatic heterocycles. The smallest absolute Gasteiger partial charge is 0.288 e. The van der Waals surface area contributed by atoms with Crippen LogP contribution in [0, 0.1) is 15.9 Å². The van der Waals surface area contributed by atoms with Crippen LogP contribution in [0.15, 0.2) is 42.5 Å². The third kappa shape index (κ3) is 2.92. The fourth-order valence-corrected chi connectivity index (χ4v) is 1.74. The summed E-state index contributed by atoms with van der Waals surface area (Å²) < 4.78 is 13.4. The number of para-hydroxylation sites is 1. The second kappa shape index (κ2) is 5.66. The molecule has 0 fully saturated rings. The topological polar surface area (TPSA) is 72.2 Å². The number of carbonyl (C=O) groups excluding carboxylic acids is 1. The highest BCUT2D eigenvalue weighted by molar-refractivity contribution is 6.32. The number of hydrogen-bond donors (Lipinski definition) is 1. The monoisotopic (exact) mass is 294 g/mol. The number of nitro groups is 1. The van der Waals surface area contributed by atoms with Crippen LogP contribution in [0.2, 0.25) is 5.02 Å². The van der Waals surface area contributed by atoms with Crippen molar-refractivity contribution < 1.29 is 14.1 Å². The van der Waals surface area contributed by atoms with Gasteiger partial charge in [0.1, 0.15) is 10.8 Å². The molecule has 20 heavy (non-hydrogen) atoms. The van der Waals surface area contributed by atoms with Gasteiger partial charge in [-0.15, -0.1) is 0 Å². The Morgan fingerprint density at radius 2 is 1.95 bits per heavy atom. The molecule has 2 aromatic rings. The zero-order chi connectivity index (χ0) is 14.7. The normalized spacial score (nSPS) is 10.1. The molecule has 0 saturated heterocycles. The van der Waals surface area contributed by atoms with E-state index in [1.165, 1.54) is 30.3 Å². The van der Waals surface area contributed by atoms with Crippen molar-refractivity contribution in [1.29, 1.82) is 0 Å². The number of rotatable bonds is 3. The summed E-state index contributed by atoms with van der Waals surface area (Å²) in [6.07, 6.45) is 0. The van der Waals surface area contributed by atoms with Crippen LogP contribution in [0.4, 0.5) is 15.8 Å². The molecule has 0 unspecified atom stereocenters. The first-order valence-corrected chi connectivity index (χ1v) is 5.86. The van der Waals surface area contributed by atoms with E-state index in [4.69, 9.17) is 11.6 Å². The van der Waals surface area contributed by atoms with Crippen molar-refractivity contribution >= 4 is 28.9 Å². The third-order valence-electron chi connectivity index (χ3n) is 2.53. The maximum atomic E-state index is 13.4. The molecule has 2 aromatic carbocycles. The Morgan fingerprint density at radius 1 is 1.25 bits per heavy atom. The van der Waals surface area contributed by atoms with E-state index in [1.54, 1.807) is 6.07 Å². The lowest BCUT2D eigenvalue weighted by Gasteiger charge is -2.06. The van der Waals surface area contributed by atoms with E-state index in [0.29, 0.717) is 0 Å². The van der Waals surface area contributed by atoms with E-state index in [9.17, 15) is 19.3 Å². The molecule has 0 bridgehead atoms. The number of nitrogens with one attached hydrogen (secondary N) is 1. The van der Waals surface area contributed by atoms with Crippen molar-refractivity contribution in [2.24, 2.45) is 0 Å². The average molecular weight is 295 g/mol. The second-order valence-corrected chi connectivity index (χ2v) is 4.26. The van der Waals surface area contributed by atoms with Gasteiger partial charge in [-0.2, -0.15) is 0 Å². The number of carbonyl (C=O) groups is 1. The summed E-state index contributed by atoms with van der Waals surface area (Å²) in [6.45, 7) is 0. The van der Waals surface area contributed by atoms with Crippen LogP contribution >= 0.6 is 11.6 Å². The quantitative estimate of drug-likeness (QED) is 0.694. The van der Waals surface area contributed by atoms with Crippen molar-refractivity contribution in [1.82, 2.24) is 0 Å². The van der Waals surface area contributed by atoms with Crippen molar-refractivity contribution in [3.8, 4) is 0 Å². The maximum absolute atomic E-state index is 13.4. The zero-order valence-corrected chi connectivity index (χ0v) is 10.7. The molecule has 0 heterocycles. The summed E-state index contributed by atoms with van der Waals surface area (Å²) in [5, 5.41) is 13.0. The summed E-state index contributed by atoms with van der Waals surface area (Å²) in [5.74, 6) is -1.25. The van der Waals surface area contributed by atoms with E-state index in [-0.39, 0.29) is 22.0 Å². The van der Waals surface area contributed by atoms with Gasteiger partial charge in [0.25, 0.3) is 11.6 Å². The molecule has 0 spiro atoms. The van der Waals surface area contributed by atoms with Crippen LogP contribution in [-0.4, -0.2) is 10.8 Å². The summed E-state index contributed by atoms with van der Waals surface area (Å²) in [7, 11) is 0. The van der Waals surface area contributed by atoms with Gasteiger partial charge >= 0.3 is 0 Å². The molecule has 0 aliphatic carbocycles. The second-order valence-electron chi connectivity index (χ2n) is 3.86. The van der Waals surface area contributed by atoms with Gasteiger partial charge in [0.15, 0.2) is 0 Å². The number of halogens is 2. The van der Waals surface area contributed by atoms with Crippen molar-refractivity contribution in [3.05, 3.63) is 69.0 Å². The zero-order valence-electron chi connectivity index (χ0n) is 9.97. The summed E-state index contributed by atoms with van der Waals surface area (Å²) in [6, 6.07) is 9.23. The Kier molecular flexibility index (Phi) is 3.95. The molecular weight excluding hydrogens is 287 g/mol. The van der Waals surface area contributed by atoms with Crippen LogP contribution in [0.3, 0.4) is 0 Å². The Morgan fingerprint density at radius 3 is 2.60 bits per heavy atom. The van der Waals surface area contributed by atoms with E-state index in [1.807, 2.05) is 0 Å². The standard InChI is InChI=1S/C13H8ClFN2O3/c14-9-6-5-8(7-12(9)17(19)20)13(18)16-11-4-2-1-3-10(11)15/h1-7H,(H,16,18). The van der Waals surface area contributed by atoms with E-state index in [2.05, 4.69) is 5.32 Å². The van der Waals surface area contributed by atoms with E-state index < -0.39 is 16.6 Å². The maximum Gasteiger partial charge on any atom is 0.288 e. The molecule has 2 rings (SSSR count). The van der Waals surface area contributed by atoms with Gasteiger partial charge in [-0.3, -0.25) is 14.9 Å². The molecule has 0 radical (unpaired) electrons. The fourth-order valence-electron chi connectivity index (χ4n) is 1.55. The van der Waals surface area contributed by atoms with Gasteiger partial charge in [0.05, 0.1) is 10.6 Å². The fraction of sp³-hybridized carbons (Fsp3) is 0. The molecule has 0 aliphatic rings. The Labute approximate surface area is 118 Å². The van der Waals surface area contributed by atoms with Crippen LogP contribution in [-0.2, 0) is 0 Å². The number of nitro benzene ring substituents is 1. The first kappa shape index (κ1) is 14.0. The highest BCUT2D eigenvalue weighted by Gasteiger charge is 2.17. The molecular formula is C13H8ClFN2O3.